The molecular weight excluding hydrogens is 246 g/mol. The zero-order valence-electron chi connectivity index (χ0n) is 11.6. The highest BCUT2D eigenvalue weighted by Crippen LogP contribution is 2.14. The maximum atomic E-state index is 5.93. The molecule has 0 atom stereocenters. The largest absolute Gasteiger partial charge is 0.379 e. The van der Waals surface area contributed by atoms with Gasteiger partial charge in [0.1, 0.15) is 0 Å². The molecule has 0 aliphatic heterocycles. The molecule has 1 aromatic rings. The molecule has 1 rings (SSSR count). The number of unbranched alkanes of at least 4 members (excludes halogenated alkanes) is 1. The normalized spacial score (nSPS) is 11.2. The third-order valence-electron chi connectivity index (χ3n) is 2.82. The van der Waals surface area contributed by atoms with E-state index in [0.29, 0.717) is 6.10 Å². The molecule has 18 heavy (non-hydrogen) atoms. The standard InChI is InChI=1S/C15H24ClNO/c1-12(2)18-9-5-4-8-17-11-14-6-7-15(16)10-13(14)3/h6-7,10,12,17H,4-5,8-9,11H2,1-3H3. The van der Waals surface area contributed by atoms with Crippen LogP contribution < -0.4 is 5.32 Å². The van der Waals surface area contributed by atoms with Gasteiger partial charge in [-0.1, -0.05) is 17.7 Å². The SMILES string of the molecule is Cc1cc(Cl)ccc1CNCCCCOC(C)C. The summed E-state index contributed by atoms with van der Waals surface area (Å²) in [5, 5.41) is 4.26. The fourth-order valence-electron chi connectivity index (χ4n) is 1.75. The van der Waals surface area contributed by atoms with Gasteiger partial charge in [-0.3, -0.25) is 0 Å². The summed E-state index contributed by atoms with van der Waals surface area (Å²) in [6.45, 7) is 9.04. The van der Waals surface area contributed by atoms with Gasteiger partial charge in [0, 0.05) is 18.2 Å². The van der Waals surface area contributed by atoms with Gasteiger partial charge in [0.25, 0.3) is 0 Å². The molecule has 0 fully saturated rings. The quantitative estimate of drug-likeness (QED) is 0.722. The maximum absolute atomic E-state index is 5.93. The van der Waals surface area contributed by atoms with E-state index in [1.807, 2.05) is 12.1 Å². The van der Waals surface area contributed by atoms with E-state index in [9.17, 15) is 0 Å². The van der Waals surface area contributed by atoms with Crippen molar-refractivity contribution in [2.24, 2.45) is 0 Å². The molecule has 3 heteroatoms. The number of halogens is 1. The predicted molar refractivity (Wildman–Crippen MR) is 78.2 cm³/mol. The van der Waals surface area contributed by atoms with Gasteiger partial charge >= 0.3 is 0 Å². The number of hydrogen-bond donors (Lipinski definition) is 1. The first kappa shape index (κ1) is 15.5. The molecule has 1 N–H and O–H groups in total. The molecule has 0 bridgehead atoms. The Labute approximate surface area is 116 Å². The second kappa shape index (κ2) is 8.52. The van der Waals surface area contributed by atoms with Crippen LogP contribution in [-0.4, -0.2) is 19.3 Å². The Morgan fingerprint density at radius 3 is 2.72 bits per heavy atom. The molecule has 0 aliphatic rings. The zero-order chi connectivity index (χ0) is 13.4. The van der Waals surface area contributed by atoms with Gasteiger partial charge in [0.15, 0.2) is 0 Å². The highest BCUT2D eigenvalue weighted by atomic mass is 35.5. The fourth-order valence-corrected chi connectivity index (χ4v) is 1.98. The van der Waals surface area contributed by atoms with Crippen molar-refractivity contribution in [3.05, 3.63) is 34.3 Å². The molecule has 0 heterocycles. The fraction of sp³-hybridized carbons (Fsp3) is 0.600. The Balaban J connectivity index is 2.11. The van der Waals surface area contributed by atoms with Gasteiger partial charge in [0.05, 0.1) is 6.10 Å². The monoisotopic (exact) mass is 269 g/mol. The van der Waals surface area contributed by atoms with Crippen molar-refractivity contribution in [2.45, 2.75) is 46.3 Å². The predicted octanol–water partition coefficient (Wildman–Crippen LogP) is 3.94. The molecule has 2 nitrogen and oxygen atoms in total. The molecule has 0 unspecified atom stereocenters. The Hall–Kier alpha value is -0.570. The molecule has 0 radical (unpaired) electrons. The number of nitrogens with one attached hydrogen (secondary N) is 1. The van der Waals surface area contributed by atoms with Crippen molar-refractivity contribution in [3.8, 4) is 0 Å². The van der Waals surface area contributed by atoms with E-state index < -0.39 is 0 Å². The molecular formula is C15H24ClNO. The summed E-state index contributed by atoms with van der Waals surface area (Å²) in [7, 11) is 0. The van der Waals surface area contributed by atoms with E-state index in [1.54, 1.807) is 0 Å². The molecule has 102 valence electrons. The first-order valence-corrected chi connectivity index (χ1v) is 7.04. The smallest absolute Gasteiger partial charge is 0.0518 e. The van der Waals surface area contributed by atoms with Crippen LogP contribution in [0.5, 0.6) is 0 Å². The van der Waals surface area contributed by atoms with E-state index in [1.165, 1.54) is 11.1 Å². The summed E-state index contributed by atoms with van der Waals surface area (Å²) in [6.07, 6.45) is 2.61. The van der Waals surface area contributed by atoms with Crippen LogP contribution in [-0.2, 0) is 11.3 Å². The van der Waals surface area contributed by atoms with Gasteiger partial charge < -0.3 is 10.1 Å². The van der Waals surface area contributed by atoms with Gasteiger partial charge in [0.2, 0.25) is 0 Å². The van der Waals surface area contributed by atoms with E-state index in [4.69, 9.17) is 16.3 Å². The summed E-state index contributed by atoms with van der Waals surface area (Å²) in [4.78, 5) is 0. The van der Waals surface area contributed by atoms with Crippen LogP contribution in [0.4, 0.5) is 0 Å². The molecule has 0 spiro atoms. The molecule has 0 saturated carbocycles. The van der Waals surface area contributed by atoms with Crippen molar-refractivity contribution in [3.63, 3.8) is 0 Å². The Morgan fingerprint density at radius 1 is 1.28 bits per heavy atom. The van der Waals surface area contributed by atoms with Gasteiger partial charge in [-0.05, 0) is 63.4 Å². The van der Waals surface area contributed by atoms with Crippen LogP contribution >= 0.6 is 11.6 Å². The summed E-state index contributed by atoms with van der Waals surface area (Å²) >= 11 is 5.93. The molecule has 0 aromatic heterocycles. The molecule has 0 saturated heterocycles. The summed E-state index contributed by atoms with van der Waals surface area (Å²) in [6, 6.07) is 6.05. The highest BCUT2D eigenvalue weighted by Gasteiger charge is 1.99. The lowest BCUT2D eigenvalue weighted by molar-refractivity contribution is 0.0760. The minimum atomic E-state index is 0.342. The molecule has 0 aliphatic carbocycles. The number of hydrogen-bond acceptors (Lipinski definition) is 2. The average molecular weight is 270 g/mol. The number of ether oxygens (including phenoxy) is 1. The van der Waals surface area contributed by atoms with Crippen LogP contribution in [0.1, 0.15) is 37.8 Å². The number of rotatable bonds is 8. The van der Waals surface area contributed by atoms with Crippen molar-refractivity contribution < 1.29 is 4.74 Å². The Kier molecular flexibility index (Phi) is 7.33. The topological polar surface area (TPSA) is 21.3 Å². The third kappa shape index (κ3) is 6.39. The Morgan fingerprint density at radius 2 is 2.06 bits per heavy atom. The lowest BCUT2D eigenvalue weighted by atomic mass is 10.1. The summed E-state index contributed by atoms with van der Waals surface area (Å²) in [5.41, 5.74) is 2.57. The average Bonchev–Trinajstić information content (AvgIpc) is 2.30. The van der Waals surface area contributed by atoms with Crippen molar-refractivity contribution in [1.29, 1.82) is 0 Å². The Bertz CT molecular complexity index is 352. The van der Waals surface area contributed by atoms with Crippen molar-refractivity contribution >= 4 is 11.6 Å². The lowest BCUT2D eigenvalue weighted by Crippen LogP contribution is -2.16. The van der Waals surface area contributed by atoms with E-state index in [-0.39, 0.29) is 0 Å². The van der Waals surface area contributed by atoms with Gasteiger partial charge in [-0.15, -0.1) is 0 Å². The van der Waals surface area contributed by atoms with E-state index >= 15 is 0 Å². The van der Waals surface area contributed by atoms with E-state index in [2.05, 4.69) is 32.2 Å². The third-order valence-corrected chi connectivity index (χ3v) is 3.05. The first-order valence-electron chi connectivity index (χ1n) is 6.67. The zero-order valence-corrected chi connectivity index (χ0v) is 12.4. The van der Waals surface area contributed by atoms with Crippen molar-refractivity contribution in [2.75, 3.05) is 13.2 Å². The molecule has 1 aromatic carbocycles. The van der Waals surface area contributed by atoms with Crippen LogP contribution in [0, 0.1) is 6.92 Å². The highest BCUT2D eigenvalue weighted by molar-refractivity contribution is 6.30. The first-order chi connectivity index (χ1) is 8.59. The molecule has 0 amide bonds. The second-order valence-corrected chi connectivity index (χ2v) is 5.31. The number of benzene rings is 1. The van der Waals surface area contributed by atoms with Crippen LogP contribution in [0.3, 0.4) is 0 Å². The maximum Gasteiger partial charge on any atom is 0.0518 e. The van der Waals surface area contributed by atoms with Gasteiger partial charge in [-0.2, -0.15) is 0 Å². The minimum Gasteiger partial charge on any atom is -0.379 e. The van der Waals surface area contributed by atoms with Gasteiger partial charge in [-0.25, -0.2) is 0 Å². The lowest BCUT2D eigenvalue weighted by Gasteiger charge is -2.09. The summed E-state index contributed by atoms with van der Waals surface area (Å²) in [5.74, 6) is 0. The van der Waals surface area contributed by atoms with Crippen molar-refractivity contribution in [1.82, 2.24) is 5.32 Å². The van der Waals surface area contributed by atoms with Crippen LogP contribution in [0.2, 0.25) is 5.02 Å². The van der Waals surface area contributed by atoms with Crippen LogP contribution in [0.25, 0.3) is 0 Å². The summed E-state index contributed by atoms with van der Waals surface area (Å²) < 4.78 is 5.50. The van der Waals surface area contributed by atoms with Crippen LogP contribution in [0.15, 0.2) is 18.2 Å². The number of aryl methyl sites for hydroxylation is 1. The minimum absolute atomic E-state index is 0.342. The second-order valence-electron chi connectivity index (χ2n) is 4.87. The van der Waals surface area contributed by atoms with E-state index in [0.717, 1.165) is 37.6 Å².